The third-order valence-corrected chi connectivity index (χ3v) is 4.17. The fraction of sp³-hybridized carbons (Fsp3) is 0.200. The molecule has 2 amide bonds. The van der Waals surface area contributed by atoms with Gasteiger partial charge < -0.3 is 4.74 Å². The van der Waals surface area contributed by atoms with Crippen molar-refractivity contribution in [2.24, 2.45) is 0 Å². The Labute approximate surface area is 154 Å². The average Bonchev–Trinajstić information content (AvgIpc) is 2.92. The number of amides is 2. The highest BCUT2D eigenvalue weighted by Gasteiger charge is 2.34. The molecule has 0 atom stereocenters. The van der Waals surface area contributed by atoms with E-state index in [-0.39, 0.29) is 36.8 Å². The van der Waals surface area contributed by atoms with Gasteiger partial charge in [0.15, 0.2) is 12.4 Å². The standard InChI is InChI=1S/C20H16FNO5/c21-14-9-7-13(8-10-14)17(23)12-27-18(24)6-3-11-22-19(25)15-4-1-2-5-16(15)20(22)26/h1-2,4-5,7-10H,3,6,11-12H2. The summed E-state index contributed by atoms with van der Waals surface area (Å²) in [5.74, 6) is -2.27. The van der Waals surface area contributed by atoms with E-state index in [0.29, 0.717) is 11.1 Å². The summed E-state index contributed by atoms with van der Waals surface area (Å²) in [6.45, 7) is -0.356. The number of carbonyl (C=O) groups excluding carboxylic acids is 4. The number of carbonyl (C=O) groups is 4. The molecule has 2 aromatic carbocycles. The predicted octanol–water partition coefficient (Wildman–Crippen LogP) is 2.63. The van der Waals surface area contributed by atoms with Gasteiger partial charge in [0.2, 0.25) is 0 Å². The van der Waals surface area contributed by atoms with E-state index < -0.39 is 24.2 Å². The van der Waals surface area contributed by atoms with Gasteiger partial charge in [0.25, 0.3) is 11.8 Å². The molecule has 0 radical (unpaired) electrons. The van der Waals surface area contributed by atoms with Crippen molar-refractivity contribution in [3.05, 3.63) is 71.0 Å². The molecule has 2 aromatic rings. The lowest BCUT2D eigenvalue weighted by Crippen LogP contribution is -2.31. The van der Waals surface area contributed by atoms with E-state index in [1.807, 2.05) is 0 Å². The highest BCUT2D eigenvalue weighted by molar-refractivity contribution is 6.21. The zero-order valence-electron chi connectivity index (χ0n) is 14.3. The normalized spacial score (nSPS) is 12.9. The molecule has 0 bridgehead atoms. The van der Waals surface area contributed by atoms with Gasteiger partial charge in [0.1, 0.15) is 5.82 Å². The Kier molecular flexibility index (Phi) is 5.40. The topological polar surface area (TPSA) is 80.8 Å². The molecule has 0 saturated heterocycles. The van der Waals surface area contributed by atoms with Gasteiger partial charge in [0.05, 0.1) is 11.1 Å². The molecular formula is C20H16FNO5. The summed E-state index contributed by atoms with van der Waals surface area (Å²) < 4.78 is 17.7. The molecule has 27 heavy (non-hydrogen) atoms. The van der Waals surface area contributed by atoms with Gasteiger partial charge >= 0.3 is 5.97 Å². The second-order valence-corrected chi connectivity index (χ2v) is 6.00. The zero-order valence-corrected chi connectivity index (χ0v) is 14.3. The molecule has 1 aliphatic heterocycles. The quantitative estimate of drug-likeness (QED) is 0.426. The fourth-order valence-corrected chi connectivity index (χ4v) is 2.76. The van der Waals surface area contributed by atoms with E-state index in [1.165, 1.54) is 12.1 Å². The summed E-state index contributed by atoms with van der Waals surface area (Å²) in [4.78, 5) is 49.1. The van der Waals surface area contributed by atoms with Crippen LogP contribution in [0.15, 0.2) is 48.5 Å². The van der Waals surface area contributed by atoms with E-state index in [1.54, 1.807) is 24.3 Å². The number of imide groups is 1. The third-order valence-electron chi connectivity index (χ3n) is 4.17. The summed E-state index contributed by atoms with van der Waals surface area (Å²) in [6.07, 6.45) is 0.194. The molecule has 1 heterocycles. The number of Topliss-reactive ketones (excluding diaryl/α,β-unsaturated/α-hetero) is 1. The fourth-order valence-electron chi connectivity index (χ4n) is 2.76. The highest BCUT2D eigenvalue weighted by atomic mass is 19.1. The van der Waals surface area contributed by atoms with Crippen LogP contribution < -0.4 is 0 Å². The van der Waals surface area contributed by atoms with Gasteiger partial charge in [-0.2, -0.15) is 0 Å². The SMILES string of the molecule is O=C(CCCN1C(=O)c2ccccc2C1=O)OCC(=O)c1ccc(F)cc1. The van der Waals surface area contributed by atoms with Crippen LogP contribution in [0.2, 0.25) is 0 Å². The number of rotatable bonds is 7. The van der Waals surface area contributed by atoms with Crippen LogP contribution in [0.5, 0.6) is 0 Å². The first-order chi connectivity index (χ1) is 13.0. The summed E-state index contributed by atoms with van der Waals surface area (Å²) in [7, 11) is 0. The van der Waals surface area contributed by atoms with Crippen LogP contribution in [0.4, 0.5) is 4.39 Å². The van der Waals surface area contributed by atoms with Crippen molar-refractivity contribution < 1.29 is 28.3 Å². The second-order valence-electron chi connectivity index (χ2n) is 6.00. The number of hydrogen-bond acceptors (Lipinski definition) is 5. The number of fused-ring (bicyclic) bond motifs is 1. The first-order valence-corrected chi connectivity index (χ1v) is 8.37. The van der Waals surface area contributed by atoms with Crippen molar-refractivity contribution in [2.75, 3.05) is 13.2 Å². The number of hydrogen-bond donors (Lipinski definition) is 0. The number of esters is 1. The van der Waals surface area contributed by atoms with Crippen molar-refractivity contribution in [2.45, 2.75) is 12.8 Å². The van der Waals surface area contributed by atoms with E-state index in [9.17, 15) is 23.6 Å². The molecule has 0 N–H and O–H groups in total. The Morgan fingerprint density at radius 2 is 1.52 bits per heavy atom. The highest BCUT2D eigenvalue weighted by Crippen LogP contribution is 2.22. The minimum absolute atomic E-state index is 0.0376. The molecule has 0 aliphatic carbocycles. The molecule has 0 spiro atoms. The van der Waals surface area contributed by atoms with Gasteiger partial charge in [-0.25, -0.2) is 4.39 Å². The van der Waals surface area contributed by atoms with E-state index in [0.717, 1.165) is 17.0 Å². The van der Waals surface area contributed by atoms with Crippen molar-refractivity contribution in [1.29, 1.82) is 0 Å². The number of ether oxygens (including phenoxy) is 1. The first-order valence-electron chi connectivity index (χ1n) is 8.37. The van der Waals surface area contributed by atoms with Crippen molar-refractivity contribution in [3.63, 3.8) is 0 Å². The first kappa shape index (κ1) is 18.4. The predicted molar refractivity (Wildman–Crippen MR) is 92.7 cm³/mol. The lowest BCUT2D eigenvalue weighted by Gasteiger charge is -2.13. The third kappa shape index (κ3) is 4.08. The van der Waals surface area contributed by atoms with Crippen LogP contribution in [0, 0.1) is 5.82 Å². The maximum atomic E-state index is 12.8. The Morgan fingerprint density at radius 1 is 0.926 bits per heavy atom. The molecule has 1 aliphatic rings. The molecular weight excluding hydrogens is 353 g/mol. The minimum Gasteiger partial charge on any atom is -0.457 e. The molecule has 7 heteroatoms. The number of ketones is 1. The zero-order chi connectivity index (χ0) is 19.4. The lowest BCUT2D eigenvalue weighted by molar-refractivity contribution is -0.142. The minimum atomic E-state index is -0.609. The number of benzene rings is 2. The number of nitrogens with zero attached hydrogens (tertiary/aromatic N) is 1. The van der Waals surface area contributed by atoms with Gasteiger partial charge in [-0.05, 0) is 42.8 Å². The van der Waals surface area contributed by atoms with Gasteiger partial charge in [-0.1, -0.05) is 12.1 Å². The summed E-state index contributed by atoms with van der Waals surface area (Å²) in [6, 6.07) is 11.5. The van der Waals surface area contributed by atoms with Gasteiger partial charge in [-0.3, -0.25) is 24.1 Å². The summed E-state index contributed by atoms with van der Waals surface area (Å²) >= 11 is 0. The van der Waals surface area contributed by atoms with Crippen molar-refractivity contribution in [1.82, 2.24) is 4.90 Å². The monoisotopic (exact) mass is 369 g/mol. The Morgan fingerprint density at radius 3 is 2.11 bits per heavy atom. The maximum Gasteiger partial charge on any atom is 0.306 e. The molecule has 138 valence electrons. The Bertz CT molecular complexity index is 872. The van der Waals surface area contributed by atoms with Gasteiger partial charge in [0, 0.05) is 18.5 Å². The molecule has 0 aromatic heterocycles. The van der Waals surface area contributed by atoms with Gasteiger partial charge in [-0.15, -0.1) is 0 Å². The molecule has 0 unspecified atom stereocenters. The lowest BCUT2D eigenvalue weighted by atomic mass is 10.1. The van der Waals surface area contributed by atoms with Crippen molar-refractivity contribution in [3.8, 4) is 0 Å². The second kappa shape index (κ2) is 7.90. The number of halogens is 1. The van der Waals surface area contributed by atoms with Crippen LogP contribution in [-0.2, 0) is 9.53 Å². The molecule has 3 rings (SSSR count). The van der Waals surface area contributed by atoms with Crippen LogP contribution in [-0.4, -0.2) is 41.6 Å². The Balaban J connectivity index is 1.44. The van der Waals surface area contributed by atoms with Crippen LogP contribution in [0.3, 0.4) is 0 Å². The molecule has 6 nitrogen and oxygen atoms in total. The molecule has 0 saturated carbocycles. The van der Waals surface area contributed by atoms with Crippen LogP contribution >= 0.6 is 0 Å². The smallest absolute Gasteiger partial charge is 0.306 e. The Hall–Kier alpha value is -3.35. The van der Waals surface area contributed by atoms with Crippen LogP contribution in [0.25, 0.3) is 0 Å². The van der Waals surface area contributed by atoms with Crippen LogP contribution in [0.1, 0.15) is 43.9 Å². The average molecular weight is 369 g/mol. The van der Waals surface area contributed by atoms with E-state index in [4.69, 9.17) is 4.74 Å². The molecule has 0 fully saturated rings. The maximum absolute atomic E-state index is 12.8. The largest absolute Gasteiger partial charge is 0.457 e. The van der Waals surface area contributed by atoms with E-state index >= 15 is 0 Å². The van der Waals surface area contributed by atoms with Crippen molar-refractivity contribution >= 4 is 23.6 Å². The summed E-state index contributed by atoms with van der Waals surface area (Å²) in [5.41, 5.74) is 0.958. The van der Waals surface area contributed by atoms with E-state index in [2.05, 4.69) is 0 Å². The summed E-state index contributed by atoms with van der Waals surface area (Å²) in [5, 5.41) is 0.